The van der Waals surface area contributed by atoms with E-state index >= 15 is 0 Å². The molecule has 2 aliphatic carbocycles. The highest BCUT2D eigenvalue weighted by Gasteiger charge is 2.46. The van der Waals surface area contributed by atoms with Gasteiger partial charge in [0.15, 0.2) is 6.61 Å². The Kier molecular flexibility index (Phi) is 7.33. The van der Waals surface area contributed by atoms with Crippen LogP contribution in [0.1, 0.15) is 67.7 Å². The number of hydrazone groups is 1. The molecule has 2 atom stereocenters. The lowest BCUT2D eigenvalue weighted by Gasteiger charge is -2.30. The molecule has 204 valence electrons. The van der Waals surface area contributed by atoms with Crippen molar-refractivity contribution in [3.63, 3.8) is 0 Å². The van der Waals surface area contributed by atoms with Crippen molar-refractivity contribution in [2.75, 3.05) is 6.61 Å². The summed E-state index contributed by atoms with van der Waals surface area (Å²) in [6.07, 6.45) is 7.88. The molecule has 2 fully saturated rings. The van der Waals surface area contributed by atoms with Crippen molar-refractivity contribution in [1.82, 2.24) is 5.01 Å². The number of fused-ring (bicyclic) bond motifs is 1. The fourth-order valence-corrected chi connectivity index (χ4v) is 6.65. The normalized spacial score (nSPS) is 22.6. The Balaban J connectivity index is 1.27. The number of rotatable bonds is 6. The molecule has 0 N–H and O–H groups in total. The molecule has 2 saturated carbocycles. The van der Waals surface area contributed by atoms with Crippen molar-refractivity contribution in [2.45, 2.75) is 56.4 Å². The summed E-state index contributed by atoms with van der Waals surface area (Å²) in [6.45, 7) is -0.402. The van der Waals surface area contributed by atoms with Crippen LogP contribution in [0.15, 0.2) is 95.6 Å². The number of ether oxygens (including phenoxy) is 1. The quantitative estimate of drug-likeness (QED) is 0.319. The highest BCUT2D eigenvalue weighted by molar-refractivity contribution is 6.08. The van der Waals surface area contributed by atoms with Crippen LogP contribution < -0.4 is 0 Å². The van der Waals surface area contributed by atoms with Crippen LogP contribution in [0.3, 0.4) is 0 Å². The predicted octanol–water partition coefficient (Wildman–Crippen LogP) is 7.00. The van der Waals surface area contributed by atoms with Gasteiger partial charge in [-0.2, -0.15) is 5.10 Å². The maximum atomic E-state index is 14.1. The summed E-state index contributed by atoms with van der Waals surface area (Å²) >= 11 is 0. The van der Waals surface area contributed by atoms with Crippen LogP contribution in [0.4, 0.5) is 4.39 Å². The zero-order valence-corrected chi connectivity index (χ0v) is 22.5. The monoisotopic (exact) mass is 536 g/mol. The molecule has 2 unspecified atom stereocenters. The molecule has 3 aromatic carbocycles. The highest BCUT2D eigenvalue weighted by atomic mass is 19.1. The van der Waals surface area contributed by atoms with Crippen molar-refractivity contribution in [1.29, 1.82) is 0 Å². The molecule has 0 bridgehead atoms. The van der Waals surface area contributed by atoms with Gasteiger partial charge in [-0.15, -0.1) is 0 Å². The van der Waals surface area contributed by atoms with E-state index in [1.807, 2.05) is 48.5 Å². The topological polar surface area (TPSA) is 59.0 Å². The van der Waals surface area contributed by atoms with E-state index in [-0.39, 0.29) is 23.7 Å². The van der Waals surface area contributed by atoms with Gasteiger partial charge in [-0.1, -0.05) is 85.6 Å². The zero-order chi connectivity index (χ0) is 27.5. The first-order valence-electron chi connectivity index (χ1n) is 14.2. The summed E-state index contributed by atoms with van der Waals surface area (Å²) < 4.78 is 19.8. The number of carbonyl (C=O) groups is 2. The summed E-state index contributed by atoms with van der Waals surface area (Å²) in [4.78, 5) is 27.2. The van der Waals surface area contributed by atoms with Crippen molar-refractivity contribution >= 4 is 23.7 Å². The van der Waals surface area contributed by atoms with Gasteiger partial charge < -0.3 is 4.74 Å². The van der Waals surface area contributed by atoms with Gasteiger partial charge in [-0.3, -0.25) is 9.59 Å². The van der Waals surface area contributed by atoms with Gasteiger partial charge >= 0.3 is 5.97 Å². The number of allylic oxidation sites excluding steroid dienone is 1. The Bertz CT molecular complexity index is 1440. The van der Waals surface area contributed by atoms with E-state index in [1.165, 1.54) is 17.1 Å². The Hall–Kier alpha value is -4.06. The number of carbonyl (C=O) groups excluding carboxylic acids is 2. The summed E-state index contributed by atoms with van der Waals surface area (Å²) in [5.41, 5.74) is 3.90. The van der Waals surface area contributed by atoms with Crippen molar-refractivity contribution in [3.8, 4) is 0 Å². The van der Waals surface area contributed by atoms with E-state index in [9.17, 15) is 14.0 Å². The first-order chi connectivity index (χ1) is 19.5. The average Bonchev–Trinajstić information content (AvgIpc) is 3.64. The summed E-state index contributed by atoms with van der Waals surface area (Å²) in [5.74, 6) is -1.13. The molecule has 6 heteroatoms. The summed E-state index contributed by atoms with van der Waals surface area (Å²) in [7, 11) is 0. The van der Waals surface area contributed by atoms with Crippen LogP contribution in [0, 0.1) is 11.7 Å². The molecular formula is C34H33FN2O3. The first kappa shape index (κ1) is 26.2. The zero-order valence-electron chi connectivity index (χ0n) is 22.5. The number of hydrogen-bond donors (Lipinski definition) is 0. The molecule has 1 amide bonds. The van der Waals surface area contributed by atoms with Crippen molar-refractivity contribution < 1.29 is 18.7 Å². The minimum Gasteiger partial charge on any atom is -0.455 e. The SMILES string of the molecule is O=C(COC(=O)C1(c2cccc(F)c2)CCCC1)N1N=C2/C(=C/c3ccccc3)CCCC2C1c1ccccc1. The fourth-order valence-electron chi connectivity index (χ4n) is 6.65. The molecule has 1 heterocycles. The van der Waals surface area contributed by atoms with Gasteiger partial charge in [-0.25, -0.2) is 9.40 Å². The highest BCUT2D eigenvalue weighted by Crippen LogP contribution is 2.45. The summed E-state index contributed by atoms with van der Waals surface area (Å²) in [6, 6.07) is 26.1. The van der Waals surface area contributed by atoms with Crippen molar-refractivity contribution in [3.05, 3.63) is 113 Å². The Labute approximate surface area is 234 Å². The standard InChI is InChI=1S/C34H33FN2O3/c35-28-17-10-16-27(22-28)34(19-7-8-20-34)33(39)40-23-30(38)37-32(25-13-5-2-6-14-25)29-18-9-15-26(31(29)36-37)21-24-11-3-1-4-12-24/h1-6,10-14,16-17,21-22,29,32H,7-9,15,18-20,23H2/b26-21+. The molecule has 40 heavy (non-hydrogen) atoms. The number of halogens is 1. The van der Waals surface area contributed by atoms with Crippen LogP contribution in [0.25, 0.3) is 6.08 Å². The number of nitrogens with zero attached hydrogens (tertiary/aromatic N) is 2. The van der Waals surface area contributed by atoms with E-state index in [2.05, 4.69) is 18.2 Å². The van der Waals surface area contributed by atoms with Gasteiger partial charge in [0.2, 0.25) is 0 Å². The van der Waals surface area contributed by atoms with E-state index < -0.39 is 18.0 Å². The second-order valence-electron chi connectivity index (χ2n) is 11.0. The van der Waals surface area contributed by atoms with E-state index in [4.69, 9.17) is 9.84 Å². The Morgan fingerprint density at radius 2 is 1.68 bits per heavy atom. The van der Waals surface area contributed by atoms with Crippen LogP contribution in [0.2, 0.25) is 0 Å². The summed E-state index contributed by atoms with van der Waals surface area (Å²) in [5, 5.41) is 6.44. The Morgan fingerprint density at radius 3 is 2.40 bits per heavy atom. The Morgan fingerprint density at radius 1 is 0.950 bits per heavy atom. The molecule has 0 aromatic heterocycles. The van der Waals surface area contributed by atoms with Gasteiger partial charge in [0.05, 0.1) is 17.2 Å². The molecule has 6 rings (SSSR count). The van der Waals surface area contributed by atoms with Crippen LogP contribution in [-0.2, 0) is 19.7 Å². The molecular weight excluding hydrogens is 503 g/mol. The molecule has 1 aliphatic heterocycles. The molecule has 0 spiro atoms. The maximum Gasteiger partial charge on any atom is 0.317 e. The minimum atomic E-state index is -0.919. The van der Waals surface area contributed by atoms with Crippen LogP contribution in [0.5, 0.6) is 0 Å². The largest absolute Gasteiger partial charge is 0.455 e. The van der Waals surface area contributed by atoms with Gasteiger partial charge in [0, 0.05) is 5.92 Å². The lowest BCUT2D eigenvalue weighted by Crippen LogP contribution is -2.39. The third-order valence-electron chi connectivity index (χ3n) is 8.59. The molecule has 0 radical (unpaired) electrons. The predicted molar refractivity (Wildman–Crippen MR) is 153 cm³/mol. The lowest BCUT2D eigenvalue weighted by atomic mass is 9.77. The minimum absolute atomic E-state index is 0.0687. The van der Waals surface area contributed by atoms with E-state index in [1.54, 1.807) is 12.1 Å². The smallest absolute Gasteiger partial charge is 0.317 e. The van der Waals surface area contributed by atoms with Crippen molar-refractivity contribution in [2.24, 2.45) is 11.0 Å². The molecule has 5 nitrogen and oxygen atoms in total. The van der Waals surface area contributed by atoms with E-state index in [0.717, 1.165) is 54.5 Å². The lowest BCUT2D eigenvalue weighted by molar-refractivity contribution is -0.158. The molecule has 0 saturated heterocycles. The van der Waals surface area contributed by atoms with E-state index in [0.29, 0.717) is 18.4 Å². The van der Waals surface area contributed by atoms with Crippen LogP contribution in [-0.4, -0.2) is 29.2 Å². The third-order valence-corrected chi connectivity index (χ3v) is 8.59. The number of amides is 1. The van der Waals surface area contributed by atoms with Gasteiger partial charge in [-0.05, 0) is 72.6 Å². The van der Waals surface area contributed by atoms with Gasteiger partial charge in [0.1, 0.15) is 5.82 Å². The van der Waals surface area contributed by atoms with Crippen LogP contribution >= 0.6 is 0 Å². The second kappa shape index (κ2) is 11.2. The number of hydrogen-bond acceptors (Lipinski definition) is 4. The third kappa shape index (κ3) is 4.99. The van der Waals surface area contributed by atoms with Gasteiger partial charge in [0.25, 0.3) is 5.91 Å². The fraction of sp³-hybridized carbons (Fsp3) is 0.324. The number of esters is 1. The molecule has 3 aliphatic rings. The maximum absolute atomic E-state index is 14.1. The molecule has 3 aromatic rings. The average molecular weight is 537 g/mol. The first-order valence-corrected chi connectivity index (χ1v) is 14.2. The number of benzene rings is 3. The second-order valence-corrected chi connectivity index (χ2v) is 11.0.